The van der Waals surface area contributed by atoms with Gasteiger partial charge >= 0.3 is 0 Å². The molecule has 4 rings (SSSR count). The average Bonchev–Trinajstić information content (AvgIpc) is 3.30. The number of carbonyl (C=O) groups excluding carboxylic acids is 1. The number of nitrogens with one attached hydrogen (secondary N) is 2. The molecule has 0 radical (unpaired) electrons. The van der Waals surface area contributed by atoms with Crippen LogP contribution in [0.5, 0.6) is 0 Å². The highest BCUT2D eigenvalue weighted by atomic mass is 16.1. The van der Waals surface area contributed by atoms with E-state index in [0.29, 0.717) is 28.2 Å². The van der Waals surface area contributed by atoms with Crippen LogP contribution in [0.1, 0.15) is 29.8 Å². The minimum absolute atomic E-state index is 0.233. The fraction of sp³-hybridized carbons (Fsp3) is 0.308. The molecule has 0 aliphatic heterocycles. The molecule has 0 saturated heterocycles. The Balaban J connectivity index is 1.53. The number of anilines is 2. The fourth-order valence-electron chi connectivity index (χ4n) is 3.86. The average molecular weight is 458 g/mol. The first-order chi connectivity index (χ1) is 16.5. The minimum atomic E-state index is -0.233. The van der Waals surface area contributed by atoms with Gasteiger partial charge in [-0.15, -0.1) is 0 Å². The molecule has 8 heteroatoms. The Morgan fingerprint density at radius 1 is 1.03 bits per heavy atom. The van der Waals surface area contributed by atoms with Crippen LogP contribution in [0, 0.1) is 6.92 Å². The van der Waals surface area contributed by atoms with Crippen molar-refractivity contribution in [3.05, 3.63) is 66.1 Å². The molecule has 4 aromatic rings. The van der Waals surface area contributed by atoms with Gasteiger partial charge in [0.05, 0.1) is 23.0 Å². The summed E-state index contributed by atoms with van der Waals surface area (Å²) in [7, 11) is 2.11. The number of imidazole rings is 1. The number of aryl methyl sites for hydroxylation is 1. The number of hydrogen-bond donors (Lipinski definition) is 2. The maximum atomic E-state index is 13.0. The number of benzene rings is 1. The van der Waals surface area contributed by atoms with Crippen molar-refractivity contribution in [1.29, 1.82) is 0 Å². The normalized spacial score (nSPS) is 11.2. The Morgan fingerprint density at radius 3 is 2.50 bits per heavy atom. The molecular formula is C26H31N7O. The van der Waals surface area contributed by atoms with Crippen LogP contribution in [0.15, 0.2) is 55.0 Å². The number of fused-ring (bicyclic) bond motifs is 1. The van der Waals surface area contributed by atoms with Crippen LogP contribution < -0.4 is 10.2 Å². The monoisotopic (exact) mass is 457 g/mol. The molecule has 1 aromatic carbocycles. The number of nitrogens with zero attached hydrogens (tertiary/aromatic N) is 5. The van der Waals surface area contributed by atoms with E-state index in [1.807, 2.05) is 25.1 Å². The summed E-state index contributed by atoms with van der Waals surface area (Å²) in [5, 5.41) is 2.93. The molecule has 0 bridgehead atoms. The molecule has 0 unspecified atom stereocenters. The molecular weight excluding hydrogens is 426 g/mol. The molecule has 0 spiro atoms. The Hall–Kier alpha value is -3.78. The van der Waals surface area contributed by atoms with Crippen molar-refractivity contribution in [1.82, 2.24) is 24.8 Å². The second-order valence-electron chi connectivity index (χ2n) is 8.28. The number of H-pyrrole nitrogens is 1. The van der Waals surface area contributed by atoms with Crippen LogP contribution in [-0.2, 0) is 0 Å². The number of aromatic amines is 1. The van der Waals surface area contributed by atoms with Crippen LogP contribution in [0.2, 0.25) is 0 Å². The van der Waals surface area contributed by atoms with E-state index in [1.54, 1.807) is 24.7 Å². The second kappa shape index (κ2) is 10.4. The lowest BCUT2D eigenvalue weighted by molar-refractivity contribution is 0.102. The summed E-state index contributed by atoms with van der Waals surface area (Å²) in [4.78, 5) is 34.0. The van der Waals surface area contributed by atoms with Crippen LogP contribution in [-0.4, -0.2) is 64.0 Å². The predicted molar refractivity (Wildman–Crippen MR) is 137 cm³/mol. The number of hydrogen-bond acceptors (Lipinski definition) is 6. The lowest BCUT2D eigenvalue weighted by atomic mass is 10.2. The van der Waals surface area contributed by atoms with Gasteiger partial charge in [0.1, 0.15) is 5.82 Å². The van der Waals surface area contributed by atoms with E-state index in [-0.39, 0.29) is 5.91 Å². The minimum Gasteiger partial charge on any atom is -0.373 e. The van der Waals surface area contributed by atoms with E-state index >= 15 is 0 Å². The highest BCUT2D eigenvalue weighted by Crippen LogP contribution is 2.25. The quantitative estimate of drug-likeness (QED) is 0.388. The number of aromatic nitrogens is 4. The van der Waals surface area contributed by atoms with Crippen molar-refractivity contribution in [3.8, 4) is 11.4 Å². The van der Waals surface area contributed by atoms with Gasteiger partial charge in [-0.2, -0.15) is 0 Å². The zero-order valence-electron chi connectivity index (χ0n) is 20.2. The van der Waals surface area contributed by atoms with Gasteiger partial charge in [0, 0.05) is 43.8 Å². The van der Waals surface area contributed by atoms with E-state index in [9.17, 15) is 4.79 Å². The van der Waals surface area contributed by atoms with Crippen LogP contribution >= 0.6 is 0 Å². The van der Waals surface area contributed by atoms with Crippen molar-refractivity contribution < 1.29 is 4.79 Å². The van der Waals surface area contributed by atoms with E-state index < -0.39 is 0 Å². The predicted octanol–water partition coefficient (Wildman–Crippen LogP) is 4.36. The van der Waals surface area contributed by atoms with E-state index in [1.165, 1.54) is 0 Å². The van der Waals surface area contributed by atoms with Crippen molar-refractivity contribution >= 4 is 28.4 Å². The summed E-state index contributed by atoms with van der Waals surface area (Å²) in [6.07, 6.45) is 4.95. The highest BCUT2D eigenvalue weighted by Gasteiger charge is 2.16. The number of carbonyl (C=O) groups is 1. The molecule has 3 aromatic heterocycles. The third-order valence-electron chi connectivity index (χ3n) is 6.15. The molecule has 0 saturated carbocycles. The summed E-state index contributed by atoms with van der Waals surface area (Å²) in [6, 6.07) is 11.8. The number of likely N-dealkylation sites (N-methyl/N-ethyl adjacent to an activating group) is 2. The molecule has 1 amide bonds. The first-order valence-electron chi connectivity index (χ1n) is 11.6. The zero-order valence-corrected chi connectivity index (χ0v) is 20.2. The molecule has 2 N–H and O–H groups in total. The lowest BCUT2D eigenvalue weighted by Gasteiger charge is -2.24. The molecule has 0 aliphatic rings. The Kier molecular flexibility index (Phi) is 7.18. The maximum absolute atomic E-state index is 13.0. The largest absolute Gasteiger partial charge is 0.373 e. The van der Waals surface area contributed by atoms with Crippen molar-refractivity contribution in [2.45, 2.75) is 20.8 Å². The first kappa shape index (κ1) is 23.4. The first-order valence-corrected chi connectivity index (χ1v) is 11.6. The number of rotatable bonds is 9. The zero-order chi connectivity index (χ0) is 24.1. The fourth-order valence-corrected chi connectivity index (χ4v) is 3.86. The highest BCUT2D eigenvalue weighted by molar-refractivity contribution is 6.11. The standard InChI is InChI=1S/C26H31N7O/c1-5-33(6-2)16-15-32(4)20-9-7-19(8-10-20)24-30-23-21(12-14-28-25(23)31-24)26(34)29-22-17-27-13-11-18(22)3/h7-14,17H,5-6,15-16H2,1-4H3,(H,29,34)(H,28,30,31). The van der Waals surface area contributed by atoms with Crippen molar-refractivity contribution in [2.75, 3.05) is 43.4 Å². The summed E-state index contributed by atoms with van der Waals surface area (Å²) in [5.74, 6) is 0.446. The molecule has 3 heterocycles. The van der Waals surface area contributed by atoms with Gasteiger partial charge in [-0.05, 0) is 62.0 Å². The number of amides is 1. The van der Waals surface area contributed by atoms with Gasteiger partial charge < -0.3 is 20.1 Å². The van der Waals surface area contributed by atoms with E-state index in [4.69, 9.17) is 0 Å². The van der Waals surface area contributed by atoms with Gasteiger partial charge in [-0.1, -0.05) is 13.8 Å². The van der Waals surface area contributed by atoms with Crippen LogP contribution in [0.25, 0.3) is 22.6 Å². The van der Waals surface area contributed by atoms with Crippen molar-refractivity contribution in [3.63, 3.8) is 0 Å². The van der Waals surface area contributed by atoms with Gasteiger partial charge in [-0.25, -0.2) is 9.97 Å². The van der Waals surface area contributed by atoms with Crippen LogP contribution in [0.4, 0.5) is 11.4 Å². The second-order valence-corrected chi connectivity index (χ2v) is 8.28. The van der Waals surface area contributed by atoms with Gasteiger partial charge in [0.2, 0.25) is 0 Å². The Labute approximate surface area is 200 Å². The molecule has 8 nitrogen and oxygen atoms in total. The van der Waals surface area contributed by atoms with Crippen molar-refractivity contribution in [2.24, 2.45) is 0 Å². The summed E-state index contributed by atoms with van der Waals surface area (Å²) in [6.45, 7) is 10.4. The Bertz CT molecular complexity index is 1260. The summed E-state index contributed by atoms with van der Waals surface area (Å²) >= 11 is 0. The van der Waals surface area contributed by atoms with Crippen LogP contribution in [0.3, 0.4) is 0 Å². The van der Waals surface area contributed by atoms with E-state index in [0.717, 1.165) is 43.0 Å². The van der Waals surface area contributed by atoms with Gasteiger partial charge in [0.25, 0.3) is 5.91 Å². The third-order valence-corrected chi connectivity index (χ3v) is 6.15. The summed E-state index contributed by atoms with van der Waals surface area (Å²) < 4.78 is 0. The topological polar surface area (TPSA) is 90.0 Å². The molecule has 0 aliphatic carbocycles. The molecule has 176 valence electrons. The maximum Gasteiger partial charge on any atom is 0.258 e. The smallest absolute Gasteiger partial charge is 0.258 e. The van der Waals surface area contributed by atoms with Gasteiger partial charge in [-0.3, -0.25) is 9.78 Å². The summed E-state index contributed by atoms with van der Waals surface area (Å²) in [5.41, 5.74) is 5.31. The van der Waals surface area contributed by atoms with Gasteiger partial charge in [0.15, 0.2) is 5.65 Å². The lowest BCUT2D eigenvalue weighted by Crippen LogP contribution is -2.33. The van der Waals surface area contributed by atoms with E-state index in [2.05, 4.69) is 68.1 Å². The molecule has 34 heavy (non-hydrogen) atoms. The Morgan fingerprint density at radius 2 is 1.79 bits per heavy atom. The molecule has 0 atom stereocenters. The SMILES string of the molecule is CCN(CC)CCN(C)c1ccc(-c2nc3nccc(C(=O)Nc4cnccc4C)c3[nH]2)cc1. The molecule has 0 fully saturated rings. The number of pyridine rings is 2. The third kappa shape index (κ3) is 5.07.